The van der Waals surface area contributed by atoms with Crippen molar-refractivity contribution in [1.29, 1.82) is 0 Å². The van der Waals surface area contributed by atoms with E-state index in [9.17, 15) is 19.2 Å². The molecule has 0 spiro atoms. The lowest BCUT2D eigenvalue weighted by Gasteiger charge is -2.36. The van der Waals surface area contributed by atoms with Crippen LogP contribution in [0.5, 0.6) is 5.75 Å². The number of hydrogen-bond donors (Lipinski definition) is 3. The maximum atomic E-state index is 14.4. The Hall–Kier alpha value is -4.08. The Kier molecular flexibility index (Phi) is 10.0. The van der Waals surface area contributed by atoms with Crippen LogP contribution in [-0.2, 0) is 19.1 Å². The standard InChI is InChI=1S/C31H42N4O6/c1-18-9-8-10-19(2)26(18)27(28(37)33-21-11-13-22(40-7)14-12-21)35(24-17-20(24)3)29(38)23(15-16-25(32)36)34-30(39)41-31(4,5)6/h8-14,20,23-24,27H,15-17H2,1-7H3,(H2,32,36)(H,33,37)(H,34,39). The van der Waals surface area contributed by atoms with E-state index in [-0.39, 0.29) is 24.8 Å². The molecule has 0 aliphatic heterocycles. The van der Waals surface area contributed by atoms with Crippen LogP contribution in [0.1, 0.15) is 69.7 Å². The van der Waals surface area contributed by atoms with Gasteiger partial charge in [0.1, 0.15) is 23.4 Å². The van der Waals surface area contributed by atoms with Crippen LogP contribution in [0.3, 0.4) is 0 Å². The molecule has 0 bridgehead atoms. The number of rotatable bonds is 11. The second-order valence-electron chi connectivity index (χ2n) is 11.7. The van der Waals surface area contributed by atoms with Crippen molar-refractivity contribution in [2.75, 3.05) is 12.4 Å². The number of nitrogens with two attached hydrogens (primary N) is 1. The van der Waals surface area contributed by atoms with E-state index < -0.39 is 41.5 Å². The van der Waals surface area contributed by atoms with E-state index in [1.807, 2.05) is 39.0 Å². The van der Waals surface area contributed by atoms with E-state index in [0.717, 1.165) is 11.1 Å². The lowest BCUT2D eigenvalue weighted by molar-refractivity contribution is -0.142. The average Bonchev–Trinajstić information content (AvgIpc) is 3.60. The van der Waals surface area contributed by atoms with E-state index in [1.165, 1.54) is 0 Å². The molecule has 0 aromatic heterocycles. The molecule has 3 rings (SSSR count). The number of nitrogens with zero attached hydrogens (tertiary/aromatic N) is 1. The predicted molar refractivity (Wildman–Crippen MR) is 156 cm³/mol. The van der Waals surface area contributed by atoms with Gasteiger partial charge in [0.25, 0.3) is 5.91 Å². The molecule has 222 valence electrons. The van der Waals surface area contributed by atoms with Crippen LogP contribution in [0.25, 0.3) is 0 Å². The Morgan fingerprint density at radius 2 is 1.63 bits per heavy atom. The summed E-state index contributed by atoms with van der Waals surface area (Å²) in [6.07, 6.45) is -0.273. The highest BCUT2D eigenvalue weighted by Crippen LogP contribution is 2.42. The summed E-state index contributed by atoms with van der Waals surface area (Å²) in [5.74, 6) is -0.708. The highest BCUT2D eigenvalue weighted by Gasteiger charge is 2.48. The zero-order valence-electron chi connectivity index (χ0n) is 24.9. The number of carbonyl (C=O) groups is 4. The number of ether oxygens (including phenoxy) is 2. The van der Waals surface area contributed by atoms with Crippen LogP contribution in [0.2, 0.25) is 0 Å². The predicted octanol–water partition coefficient (Wildman–Crippen LogP) is 4.39. The average molecular weight is 567 g/mol. The van der Waals surface area contributed by atoms with Crippen LogP contribution in [-0.4, -0.2) is 53.5 Å². The topological polar surface area (TPSA) is 140 Å². The van der Waals surface area contributed by atoms with E-state index in [1.54, 1.807) is 57.0 Å². The summed E-state index contributed by atoms with van der Waals surface area (Å²) in [4.78, 5) is 54.5. The highest BCUT2D eigenvalue weighted by atomic mass is 16.6. The number of benzene rings is 2. The van der Waals surface area contributed by atoms with Gasteiger partial charge in [-0.25, -0.2) is 4.79 Å². The van der Waals surface area contributed by atoms with Crippen LogP contribution in [0.15, 0.2) is 42.5 Å². The molecule has 0 saturated heterocycles. The van der Waals surface area contributed by atoms with Crippen LogP contribution in [0.4, 0.5) is 10.5 Å². The van der Waals surface area contributed by atoms with Gasteiger partial charge in [-0.1, -0.05) is 25.1 Å². The molecule has 4 atom stereocenters. The molecular formula is C31H42N4O6. The lowest BCUT2D eigenvalue weighted by atomic mass is 9.93. The van der Waals surface area contributed by atoms with Gasteiger partial charge in [0.15, 0.2) is 0 Å². The van der Waals surface area contributed by atoms with E-state index in [2.05, 4.69) is 10.6 Å². The molecule has 10 heteroatoms. The molecule has 1 aliphatic rings. The van der Waals surface area contributed by atoms with Crippen molar-refractivity contribution in [2.24, 2.45) is 11.7 Å². The largest absolute Gasteiger partial charge is 0.497 e. The summed E-state index contributed by atoms with van der Waals surface area (Å²) in [7, 11) is 1.56. The number of alkyl carbamates (subject to hydrolysis) is 1. The first-order valence-electron chi connectivity index (χ1n) is 13.8. The maximum absolute atomic E-state index is 14.4. The van der Waals surface area contributed by atoms with Gasteiger partial charge in [0.2, 0.25) is 11.8 Å². The van der Waals surface area contributed by atoms with Gasteiger partial charge in [0.05, 0.1) is 7.11 Å². The minimum Gasteiger partial charge on any atom is -0.497 e. The van der Waals surface area contributed by atoms with Gasteiger partial charge in [-0.3, -0.25) is 14.4 Å². The van der Waals surface area contributed by atoms with Gasteiger partial charge in [-0.05, 0) is 94.3 Å². The molecule has 0 radical (unpaired) electrons. The van der Waals surface area contributed by atoms with Gasteiger partial charge in [0, 0.05) is 18.2 Å². The number of methoxy groups -OCH3 is 1. The summed E-state index contributed by atoms with van der Waals surface area (Å²) in [5, 5.41) is 5.60. The Morgan fingerprint density at radius 1 is 1.05 bits per heavy atom. The third-order valence-electron chi connectivity index (χ3n) is 7.05. The summed E-state index contributed by atoms with van der Waals surface area (Å²) >= 11 is 0. The number of aryl methyl sites for hydroxylation is 2. The third kappa shape index (κ3) is 8.45. The first-order valence-corrected chi connectivity index (χ1v) is 13.8. The van der Waals surface area contributed by atoms with Crippen molar-refractivity contribution in [2.45, 2.75) is 84.5 Å². The van der Waals surface area contributed by atoms with Crippen molar-refractivity contribution in [3.63, 3.8) is 0 Å². The van der Waals surface area contributed by atoms with Crippen molar-refractivity contribution >= 4 is 29.5 Å². The van der Waals surface area contributed by atoms with E-state index >= 15 is 0 Å². The Balaban J connectivity index is 2.07. The Bertz CT molecular complexity index is 1250. The normalized spacial score (nSPS) is 17.5. The molecule has 10 nitrogen and oxygen atoms in total. The summed E-state index contributed by atoms with van der Waals surface area (Å²) in [6.45, 7) is 11.0. The molecule has 1 saturated carbocycles. The van der Waals surface area contributed by atoms with Gasteiger partial charge in [-0.2, -0.15) is 0 Å². The molecular weight excluding hydrogens is 524 g/mol. The van der Waals surface area contributed by atoms with Crippen LogP contribution < -0.4 is 21.1 Å². The monoisotopic (exact) mass is 566 g/mol. The molecule has 4 N–H and O–H groups in total. The lowest BCUT2D eigenvalue weighted by Crippen LogP contribution is -2.53. The first kappa shape index (κ1) is 31.4. The highest BCUT2D eigenvalue weighted by molar-refractivity contribution is 5.99. The number of amides is 4. The van der Waals surface area contributed by atoms with E-state index in [4.69, 9.17) is 15.2 Å². The second-order valence-corrected chi connectivity index (χ2v) is 11.7. The smallest absolute Gasteiger partial charge is 0.408 e. The van der Waals surface area contributed by atoms with Crippen molar-refractivity contribution < 1.29 is 28.7 Å². The molecule has 4 unspecified atom stereocenters. The van der Waals surface area contributed by atoms with Crippen molar-refractivity contribution in [3.05, 3.63) is 59.2 Å². The molecule has 2 aromatic carbocycles. The van der Waals surface area contributed by atoms with Gasteiger partial charge >= 0.3 is 6.09 Å². The molecule has 2 aromatic rings. The zero-order chi connectivity index (χ0) is 30.5. The fourth-order valence-electron chi connectivity index (χ4n) is 4.89. The zero-order valence-corrected chi connectivity index (χ0v) is 24.9. The number of anilines is 1. The second kappa shape index (κ2) is 13.1. The van der Waals surface area contributed by atoms with Crippen molar-refractivity contribution in [1.82, 2.24) is 10.2 Å². The Labute approximate surface area is 241 Å². The number of carbonyl (C=O) groups excluding carboxylic acids is 4. The number of primary amides is 1. The van der Waals surface area contributed by atoms with Crippen molar-refractivity contribution in [3.8, 4) is 5.75 Å². The first-order chi connectivity index (χ1) is 19.2. The summed E-state index contributed by atoms with van der Waals surface area (Å²) in [6, 6.07) is 10.2. The van der Waals surface area contributed by atoms with E-state index in [0.29, 0.717) is 23.4 Å². The van der Waals surface area contributed by atoms with Gasteiger partial charge in [-0.15, -0.1) is 0 Å². The third-order valence-corrected chi connectivity index (χ3v) is 7.05. The summed E-state index contributed by atoms with van der Waals surface area (Å²) < 4.78 is 10.6. The quantitative estimate of drug-likeness (QED) is 0.369. The Morgan fingerprint density at radius 3 is 2.12 bits per heavy atom. The minimum atomic E-state index is -1.13. The molecule has 41 heavy (non-hydrogen) atoms. The molecule has 1 fully saturated rings. The molecule has 4 amide bonds. The maximum Gasteiger partial charge on any atom is 0.408 e. The molecule has 1 aliphatic carbocycles. The molecule has 0 heterocycles. The van der Waals surface area contributed by atoms with Gasteiger partial charge < -0.3 is 30.7 Å². The van der Waals surface area contributed by atoms with Crippen LogP contribution >= 0.6 is 0 Å². The minimum absolute atomic E-state index is 0.0371. The SMILES string of the molecule is COc1ccc(NC(=O)C(c2c(C)cccc2C)N(C(=O)C(CCC(N)=O)NC(=O)OC(C)(C)C)C2CC2C)cc1. The van der Waals surface area contributed by atoms with Crippen LogP contribution in [0, 0.1) is 19.8 Å². The fourth-order valence-corrected chi connectivity index (χ4v) is 4.89. The fraction of sp³-hybridized carbons (Fsp3) is 0.484. The number of nitrogens with one attached hydrogen (secondary N) is 2. The summed E-state index contributed by atoms with van der Waals surface area (Å²) in [5.41, 5.74) is 7.55. The number of hydrogen-bond acceptors (Lipinski definition) is 6.